The Hall–Kier alpha value is -4.41. The van der Waals surface area contributed by atoms with Gasteiger partial charge in [0, 0.05) is 31.7 Å². The number of phenolic OH excluding ortho intramolecular Hbond substituents is 2. The van der Waals surface area contributed by atoms with Crippen molar-refractivity contribution in [2.24, 2.45) is 0 Å². The average molecular weight is 497 g/mol. The van der Waals surface area contributed by atoms with Crippen LogP contribution >= 0.6 is 11.8 Å². The van der Waals surface area contributed by atoms with Gasteiger partial charge in [-0.05, 0) is 70.4 Å². The lowest BCUT2D eigenvalue weighted by molar-refractivity contribution is 0.441. The van der Waals surface area contributed by atoms with Gasteiger partial charge < -0.3 is 14.9 Å². The summed E-state index contributed by atoms with van der Waals surface area (Å²) < 4.78 is 6.87. The van der Waals surface area contributed by atoms with E-state index in [1.54, 1.807) is 36.0 Å². The molecule has 0 aliphatic carbocycles. The van der Waals surface area contributed by atoms with E-state index in [1.165, 1.54) is 20.9 Å². The van der Waals surface area contributed by atoms with E-state index in [4.69, 9.17) is 4.74 Å². The Labute approximate surface area is 217 Å². The van der Waals surface area contributed by atoms with Crippen molar-refractivity contribution in [2.75, 3.05) is 0 Å². The second kappa shape index (κ2) is 7.31. The molecule has 2 N–H and O–H groups in total. The SMILES string of the molecule is Oc1ccc2c3c(ccc2c1)C1(c2ccccc2Sc2ccccc21)c1ccc2cc(O)ccc2c1O3. The number of ether oxygens (including phenoxy) is 1. The Morgan fingerprint density at radius 2 is 1.00 bits per heavy atom. The highest BCUT2D eigenvalue weighted by Gasteiger charge is 2.50. The molecule has 0 unspecified atom stereocenters. The lowest BCUT2D eigenvalue weighted by atomic mass is 9.63. The molecule has 0 fully saturated rings. The molecule has 3 nitrogen and oxygen atoms in total. The van der Waals surface area contributed by atoms with Crippen molar-refractivity contribution in [3.05, 3.63) is 131 Å². The van der Waals surface area contributed by atoms with Gasteiger partial charge in [-0.25, -0.2) is 0 Å². The second-order valence-electron chi connectivity index (χ2n) is 9.64. The molecule has 0 saturated heterocycles. The Kier molecular flexibility index (Phi) is 4.10. The van der Waals surface area contributed by atoms with Crippen LogP contribution in [-0.2, 0) is 5.41 Å². The molecule has 0 amide bonds. The highest BCUT2D eigenvalue weighted by Crippen LogP contribution is 2.63. The van der Waals surface area contributed by atoms with Crippen LogP contribution in [0.4, 0.5) is 0 Å². The van der Waals surface area contributed by atoms with Crippen molar-refractivity contribution < 1.29 is 14.9 Å². The highest BCUT2D eigenvalue weighted by atomic mass is 32.2. The van der Waals surface area contributed by atoms with E-state index >= 15 is 0 Å². The third kappa shape index (κ3) is 2.68. The average Bonchev–Trinajstić information content (AvgIpc) is 2.92. The molecule has 2 aliphatic rings. The minimum Gasteiger partial charge on any atom is -0.508 e. The molecule has 0 aromatic heterocycles. The first kappa shape index (κ1) is 20.7. The Morgan fingerprint density at radius 3 is 1.51 bits per heavy atom. The van der Waals surface area contributed by atoms with Gasteiger partial charge in [-0.15, -0.1) is 0 Å². The normalized spacial score (nSPS) is 14.5. The summed E-state index contributed by atoms with van der Waals surface area (Å²) in [7, 11) is 0. The topological polar surface area (TPSA) is 49.7 Å². The number of fused-ring (bicyclic) bond motifs is 12. The van der Waals surface area contributed by atoms with E-state index in [0.29, 0.717) is 0 Å². The number of rotatable bonds is 0. The maximum atomic E-state index is 10.2. The summed E-state index contributed by atoms with van der Waals surface area (Å²) in [6.07, 6.45) is 0. The van der Waals surface area contributed by atoms with Crippen LogP contribution in [0.1, 0.15) is 22.3 Å². The largest absolute Gasteiger partial charge is 0.508 e. The third-order valence-electron chi connectivity index (χ3n) is 7.72. The first-order valence-corrected chi connectivity index (χ1v) is 13.0. The lowest BCUT2D eigenvalue weighted by Crippen LogP contribution is -2.36. The first-order valence-electron chi connectivity index (χ1n) is 12.2. The Balaban J connectivity index is 1.61. The van der Waals surface area contributed by atoms with Crippen molar-refractivity contribution in [1.82, 2.24) is 0 Å². The van der Waals surface area contributed by atoms with E-state index in [9.17, 15) is 10.2 Å². The zero-order valence-electron chi connectivity index (χ0n) is 19.6. The van der Waals surface area contributed by atoms with Crippen LogP contribution in [0.2, 0.25) is 0 Å². The fourth-order valence-corrected chi connectivity index (χ4v) is 7.40. The van der Waals surface area contributed by atoms with E-state index in [1.807, 2.05) is 12.1 Å². The van der Waals surface area contributed by atoms with Crippen LogP contribution < -0.4 is 4.74 Å². The van der Waals surface area contributed by atoms with E-state index in [2.05, 4.69) is 72.8 Å². The van der Waals surface area contributed by atoms with Crippen molar-refractivity contribution in [3.63, 3.8) is 0 Å². The summed E-state index contributed by atoms with van der Waals surface area (Å²) in [5, 5.41) is 24.1. The molecule has 176 valence electrons. The van der Waals surface area contributed by atoms with Crippen LogP contribution in [0.5, 0.6) is 23.0 Å². The van der Waals surface area contributed by atoms with E-state index < -0.39 is 5.41 Å². The van der Waals surface area contributed by atoms with Crippen LogP contribution in [0.15, 0.2) is 119 Å². The predicted octanol–water partition coefficient (Wildman–Crippen LogP) is 8.36. The summed E-state index contributed by atoms with van der Waals surface area (Å²) in [6.45, 7) is 0. The molecular weight excluding hydrogens is 476 g/mol. The molecule has 6 aromatic carbocycles. The molecule has 6 aromatic rings. The van der Waals surface area contributed by atoms with Gasteiger partial charge in [0.2, 0.25) is 0 Å². The van der Waals surface area contributed by atoms with Crippen LogP contribution in [0, 0.1) is 0 Å². The van der Waals surface area contributed by atoms with Crippen LogP contribution in [-0.4, -0.2) is 10.2 Å². The quantitative estimate of drug-likeness (QED) is 0.221. The molecule has 1 spiro atoms. The zero-order valence-corrected chi connectivity index (χ0v) is 20.4. The number of aromatic hydroxyl groups is 2. The van der Waals surface area contributed by atoms with Crippen LogP contribution in [0.3, 0.4) is 0 Å². The molecule has 0 bridgehead atoms. The van der Waals surface area contributed by atoms with Gasteiger partial charge >= 0.3 is 0 Å². The minimum atomic E-state index is -0.598. The molecule has 2 aliphatic heterocycles. The van der Waals surface area contributed by atoms with Crippen molar-refractivity contribution in [3.8, 4) is 23.0 Å². The lowest BCUT2D eigenvalue weighted by Gasteiger charge is -2.45. The van der Waals surface area contributed by atoms with Gasteiger partial charge in [0.15, 0.2) is 0 Å². The smallest absolute Gasteiger partial charge is 0.140 e. The van der Waals surface area contributed by atoms with Gasteiger partial charge in [0.1, 0.15) is 23.0 Å². The molecule has 37 heavy (non-hydrogen) atoms. The number of hydrogen-bond donors (Lipinski definition) is 2. The molecular formula is C33H20O3S. The fourth-order valence-electron chi connectivity index (χ4n) is 6.21. The summed E-state index contributed by atoms with van der Waals surface area (Å²) >= 11 is 1.80. The molecule has 4 heteroatoms. The second-order valence-corrected chi connectivity index (χ2v) is 10.7. The summed E-state index contributed by atoms with van der Waals surface area (Å²) in [6, 6.07) is 36.6. The first-order chi connectivity index (χ1) is 18.1. The number of benzene rings is 6. The predicted molar refractivity (Wildman–Crippen MR) is 147 cm³/mol. The van der Waals surface area contributed by atoms with E-state index in [0.717, 1.165) is 44.2 Å². The molecule has 0 radical (unpaired) electrons. The standard InChI is InChI=1S/C33H20O3S/c34-21-11-13-23-19(17-21)9-15-27-31(23)36-32-24-14-12-22(35)18-20(24)10-16-28(32)33(27)25-5-1-3-7-29(25)37-30-8-4-2-6-26(30)33/h1-18,34-35H. The van der Waals surface area contributed by atoms with Crippen molar-refractivity contribution >= 4 is 33.3 Å². The Morgan fingerprint density at radius 1 is 0.514 bits per heavy atom. The number of phenols is 2. The number of hydrogen-bond acceptors (Lipinski definition) is 4. The highest BCUT2D eigenvalue weighted by molar-refractivity contribution is 7.99. The molecule has 0 saturated carbocycles. The summed E-state index contributed by atoms with van der Waals surface area (Å²) in [4.78, 5) is 2.44. The van der Waals surface area contributed by atoms with Gasteiger partial charge in [0.25, 0.3) is 0 Å². The summed E-state index contributed by atoms with van der Waals surface area (Å²) in [5.74, 6) is 2.04. The molecule has 8 rings (SSSR count). The maximum Gasteiger partial charge on any atom is 0.140 e. The fraction of sp³-hybridized carbons (Fsp3) is 0.0303. The van der Waals surface area contributed by atoms with Crippen molar-refractivity contribution in [1.29, 1.82) is 0 Å². The van der Waals surface area contributed by atoms with Gasteiger partial charge in [-0.2, -0.15) is 0 Å². The van der Waals surface area contributed by atoms with Gasteiger partial charge in [-0.3, -0.25) is 0 Å². The van der Waals surface area contributed by atoms with Crippen LogP contribution in [0.25, 0.3) is 21.5 Å². The molecule has 2 heterocycles. The van der Waals surface area contributed by atoms with Crippen molar-refractivity contribution in [2.45, 2.75) is 15.2 Å². The molecule has 0 atom stereocenters. The Bertz CT molecular complexity index is 1790. The zero-order chi connectivity index (χ0) is 24.7. The third-order valence-corrected chi connectivity index (χ3v) is 8.87. The van der Waals surface area contributed by atoms with Gasteiger partial charge in [0.05, 0.1) is 5.41 Å². The minimum absolute atomic E-state index is 0.226. The summed E-state index contributed by atoms with van der Waals surface area (Å²) in [5.41, 5.74) is 4.01. The monoisotopic (exact) mass is 496 g/mol. The maximum absolute atomic E-state index is 10.2. The van der Waals surface area contributed by atoms with E-state index in [-0.39, 0.29) is 11.5 Å². The van der Waals surface area contributed by atoms with Gasteiger partial charge in [-0.1, -0.05) is 72.4 Å².